The molecular weight excluding hydrogens is 271 g/mol. The number of ether oxygens (including phenoxy) is 1. The van der Waals surface area contributed by atoms with Crippen molar-refractivity contribution in [2.75, 3.05) is 5.32 Å². The van der Waals surface area contributed by atoms with Gasteiger partial charge < -0.3 is 15.8 Å². The Morgan fingerprint density at radius 2 is 2.00 bits per heavy atom. The maximum atomic E-state index is 13.9. The van der Waals surface area contributed by atoms with E-state index in [0.29, 0.717) is 11.3 Å². The molecule has 1 fully saturated rings. The average Bonchev–Trinajstić information content (AvgIpc) is 2.52. The van der Waals surface area contributed by atoms with Crippen LogP contribution in [-0.4, -0.2) is 23.2 Å². The molecule has 21 heavy (non-hydrogen) atoms. The highest BCUT2D eigenvalue weighted by Gasteiger charge is 2.46. The minimum Gasteiger partial charge on any atom is -0.379 e. The van der Waals surface area contributed by atoms with E-state index in [4.69, 9.17) is 10.5 Å². The normalized spacial score (nSPS) is 23.0. The molecule has 5 heteroatoms. The molecule has 1 saturated heterocycles. The molecule has 1 aliphatic rings. The monoisotopic (exact) mass is 294 g/mol. The van der Waals surface area contributed by atoms with E-state index >= 15 is 0 Å². The maximum absolute atomic E-state index is 13.9. The third-order valence-electron chi connectivity index (χ3n) is 4.03. The van der Waals surface area contributed by atoms with Crippen LogP contribution >= 0.6 is 0 Å². The van der Waals surface area contributed by atoms with E-state index in [1.807, 2.05) is 27.7 Å². The topological polar surface area (TPSA) is 64.4 Å². The summed E-state index contributed by atoms with van der Waals surface area (Å²) in [4.78, 5) is 11.3. The molecule has 0 saturated carbocycles. The molecule has 1 aromatic rings. The summed E-state index contributed by atoms with van der Waals surface area (Å²) in [7, 11) is 0. The van der Waals surface area contributed by atoms with Gasteiger partial charge >= 0.3 is 0 Å². The van der Waals surface area contributed by atoms with E-state index in [0.717, 1.165) is 6.42 Å². The summed E-state index contributed by atoms with van der Waals surface area (Å²) in [5.41, 5.74) is 5.85. The van der Waals surface area contributed by atoms with Crippen LogP contribution in [0.3, 0.4) is 0 Å². The number of anilines is 1. The Hall–Kier alpha value is -1.62. The molecule has 3 N–H and O–H groups in total. The first kappa shape index (κ1) is 15.8. The molecule has 2 rings (SSSR count). The standard InChI is InChI=1S/C16H23FN2O2/c1-9-11(17)6-10(14(18)20)7-12(9)19-13-8-15(2,3)21-16(13,4)5/h6-7,13,19H,8H2,1-5H3,(H2,18,20). The molecule has 0 aliphatic carbocycles. The number of rotatable bonds is 3. The van der Waals surface area contributed by atoms with Gasteiger partial charge in [0.05, 0.1) is 17.2 Å². The van der Waals surface area contributed by atoms with Crippen molar-refractivity contribution in [3.8, 4) is 0 Å². The Morgan fingerprint density at radius 3 is 2.48 bits per heavy atom. The lowest BCUT2D eigenvalue weighted by Crippen LogP contribution is -2.38. The molecule has 1 amide bonds. The predicted octanol–water partition coefficient (Wildman–Crippen LogP) is 2.99. The fourth-order valence-corrected chi connectivity index (χ4v) is 2.95. The number of hydrogen-bond acceptors (Lipinski definition) is 3. The van der Waals surface area contributed by atoms with E-state index in [9.17, 15) is 9.18 Å². The Labute approximate surface area is 124 Å². The van der Waals surface area contributed by atoms with Crippen molar-refractivity contribution in [2.45, 2.75) is 58.3 Å². The predicted molar refractivity (Wildman–Crippen MR) is 80.9 cm³/mol. The van der Waals surface area contributed by atoms with Gasteiger partial charge in [-0.1, -0.05) is 0 Å². The first-order valence-electron chi connectivity index (χ1n) is 7.08. The van der Waals surface area contributed by atoms with Gasteiger partial charge in [0.2, 0.25) is 5.91 Å². The van der Waals surface area contributed by atoms with Gasteiger partial charge in [-0.2, -0.15) is 0 Å². The van der Waals surface area contributed by atoms with Crippen LogP contribution in [0.15, 0.2) is 12.1 Å². The van der Waals surface area contributed by atoms with Crippen LogP contribution in [0, 0.1) is 12.7 Å². The van der Waals surface area contributed by atoms with Crippen LogP contribution in [0.1, 0.15) is 50.0 Å². The van der Waals surface area contributed by atoms with Crippen LogP contribution in [0.2, 0.25) is 0 Å². The molecule has 1 atom stereocenters. The zero-order valence-corrected chi connectivity index (χ0v) is 13.2. The highest BCUT2D eigenvalue weighted by atomic mass is 19.1. The number of halogens is 1. The first-order chi connectivity index (χ1) is 9.52. The fraction of sp³-hybridized carbons (Fsp3) is 0.562. The Bertz CT molecular complexity index is 582. The molecule has 1 unspecified atom stereocenters. The van der Waals surface area contributed by atoms with Gasteiger partial charge in [-0.05, 0) is 53.2 Å². The van der Waals surface area contributed by atoms with Crippen molar-refractivity contribution in [3.05, 3.63) is 29.1 Å². The molecule has 116 valence electrons. The average molecular weight is 294 g/mol. The van der Waals surface area contributed by atoms with Crippen molar-refractivity contribution in [1.29, 1.82) is 0 Å². The van der Waals surface area contributed by atoms with Gasteiger partial charge in [-0.3, -0.25) is 4.79 Å². The molecule has 0 bridgehead atoms. The van der Waals surface area contributed by atoms with E-state index in [-0.39, 0.29) is 22.8 Å². The lowest BCUT2D eigenvalue weighted by atomic mass is 9.93. The van der Waals surface area contributed by atoms with Crippen molar-refractivity contribution in [2.24, 2.45) is 5.73 Å². The summed E-state index contributed by atoms with van der Waals surface area (Å²) in [6.07, 6.45) is 0.794. The minimum absolute atomic E-state index is 0.0220. The SMILES string of the molecule is Cc1c(F)cc(C(N)=O)cc1NC1CC(C)(C)OC1(C)C. The minimum atomic E-state index is -0.640. The second-order valence-electron chi connectivity index (χ2n) is 6.86. The largest absolute Gasteiger partial charge is 0.379 e. The summed E-state index contributed by atoms with van der Waals surface area (Å²) in [6, 6.07) is 2.79. The van der Waals surface area contributed by atoms with Gasteiger partial charge in [0.25, 0.3) is 0 Å². The molecule has 0 spiro atoms. The van der Waals surface area contributed by atoms with Gasteiger partial charge in [0.1, 0.15) is 5.82 Å². The number of amides is 1. The van der Waals surface area contributed by atoms with Crippen molar-refractivity contribution < 1.29 is 13.9 Å². The number of carbonyl (C=O) groups is 1. The van der Waals surface area contributed by atoms with Crippen LogP contribution in [-0.2, 0) is 4.74 Å². The molecular formula is C16H23FN2O2. The number of hydrogen-bond donors (Lipinski definition) is 2. The fourth-order valence-electron chi connectivity index (χ4n) is 2.95. The molecule has 0 radical (unpaired) electrons. The summed E-state index contributed by atoms with van der Waals surface area (Å²) in [5.74, 6) is -1.08. The zero-order chi connectivity index (χ0) is 16.0. The van der Waals surface area contributed by atoms with Crippen LogP contribution in [0.4, 0.5) is 10.1 Å². The quantitative estimate of drug-likeness (QED) is 0.900. The highest BCUT2D eigenvalue weighted by molar-refractivity contribution is 5.94. The number of carbonyl (C=O) groups excluding carboxylic acids is 1. The number of nitrogens with two attached hydrogens (primary N) is 1. The second kappa shape index (κ2) is 4.98. The summed E-state index contributed by atoms with van der Waals surface area (Å²) >= 11 is 0. The third kappa shape index (κ3) is 3.18. The molecule has 4 nitrogen and oxygen atoms in total. The third-order valence-corrected chi connectivity index (χ3v) is 4.03. The molecule has 1 aliphatic heterocycles. The second-order valence-corrected chi connectivity index (χ2v) is 6.86. The lowest BCUT2D eigenvalue weighted by molar-refractivity contribution is -0.0662. The number of benzene rings is 1. The van der Waals surface area contributed by atoms with Gasteiger partial charge in [0, 0.05) is 16.8 Å². The Kier molecular flexibility index (Phi) is 3.74. The van der Waals surface area contributed by atoms with Gasteiger partial charge in [0.15, 0.2) is 0 Å². The Balaban J connectivity index is 2.34. The smallest absolute Gasteiger partial charge is 0.248 e. The van der Waals surface area contributed by atoms with E-state index in [1.54, 1.807) is 13.0 Å². The van der Waals surface area contributed by atoms with Gasteiger partial charge in [-0.25, -0.2) is 4.39 Å². The number of nitrogens with one attached hydrogen (secondary N) is 1. The Morgan fingerprint density at radius 1 is 1.38 bits per heavy atom. The van der Waals surface area contributed by atoms with E-state index < -0.39 is 11.7 Å². The van der Waals surface area contributed by atoms with Crippen LogP contribution in [0.25, 0.3) is 0 Å². The van der Waals surface area contributed by atoms with Crippen molar-refractivity contribution in [1.82, 2.24) is 0 Å². The van der Waals surface area contributed by atoms with Crippen molar-refractivity contribution >= 4 is 11.6 Å². The first-order valence-corrected chi connectivity index (χ1v) is 7.08. The molecule has 1 heterocycles. The zero-order valence-electron chi connectivity index (χ0n) is 13.2. The van der Waals surface area contributed by atoms with Crippen molar-refractivity contribution in [3.63, 3.8) is 0 Å². The summed E-state index contributed by atoms with van der Waals surface area (Å²) in [5, 5.41) is 3.32. The molecule has 0 aromatic heterocycles. The van der Waals surface area contributed by atoms with Gasteiger partial charge in [-0.15, -0.1) is 0 Å². The summed E-state index contributed by atoms with van der Waals surface area (Å²) in [6.45, 7) is 9.75. The lowest BCUT2D eigenvalue weighted by Gasteiger charge is -2.29. The highest BCUT2D eigenvalue weighted by Crippen LogP contribution is 2.39. The van der Waals surface area contributed by atoms with Crippen LogP contribution < -0.4 is 11.1 Å². The van der Waals surface area contributed by atoms with Crippen LogP contribution in [0.5, 0.6) is 0 Å². The van der Waals surface area contributed by atoms with E-state index in [1.165, 1.54) is 6.07 Å². The van der Waals surface area contributed by atoms with E-state index in [2.05, 4.69) is 5.32 Å². The summed E-state index contributed by atoms with van der Waals surface area (Å²) < 4.78 is 20.0. The number of primary amides is 1. The maximum Gasteiger partial charge on any atom is 0.248 e. The molecule has 1 aromatic carbocycles.